The smallest absolute Gasteiger partial charge is 0.271 e. The molecule has 2 N–H and O–H groups in total. The van der Waals surface area contributed by atoms with Gasteiger partial charge in [0.15, 0.2) is 11.5 Å². The van der Waals surface area contributed by atoms with Gasteiger partial charge in [0, 0.05) is 11.3 Å². The van der Waals surface area contributed by atoms with Crippen LogP contribution in [0.4, 0.5) is 5.69 Å². The van der Waals surface area contributed by atoms with Crippen LogP contribution in [0.15, 0.2) is 76.7 Å². The fraction of sp³-hybridized carbons (Fsp3) is 0.167. The van der Waals surface area contributed by atoms with Crippen molar-refractivity contribution in [1.29, 1.82) is 0 Å². The van der Waals surface area contributed by atoms with E-state index in [4.69, 9.17) is 21.1 Å². The number of carbonyl (C=O) groups excluding carboxylic acids is 1. The van der Waals surface area contributed by atoms with Crippen LogP contribution in [0.3, 0.4) is 0 Å². The molecule has 34 heavy (non-hydrogen) atoms. The standard InChI is InChI=1S/C24H22ClN3O5S/c1-16(9-10-17-11-12-22-23(13-17)33-15-32-22)26-27-24(29)18-5-4-6-19(14-18)34(30,31)28-21-8-3-2-7-20(21)25/h2-8,11-14,28H,9-10,15H2,1H3,(H,27,29)/b26-16-. The molecule has 3 aromatic carbocycles. The lowest BCUT2D eigenvalue weighted by Gasteiger charge is -2.10. The molecule has 0 aromatic heterocycles. The molecule has 3 aromatic rings. The first kappa shape index (κ1) is 23.6. The van der Waals surface area contributed by atoms with E-state index in [1.807, 2.05) is 25.1 Å². The van der Waals surface area contributed by atoms with Gasteiger partial charge < -0.3 is 9.47 Å². The lowest BCUT2D eigenvalue weighted by atomic mass is 10.1. The maximum absolute atomic E-state index is 12.7. The number of halogens is 1. The van der Waals surface area contributed by atoms with Crippen LogP contribution < -0.4 is 19.6 Å². The molecule has 1 heterocycles. The number of hydrogen-bond acceptors (Lipinski definition) is 6. The van der Waals surface area contributed by atoms with Crippen LogP contribution >= 0.6 is 11.6 Å². The molecule has 0 bridgehead atoms. The zero-order valence-corrected chi connectivity index (χ0v) is 19.8. The number of hydrogen-bond donors (Lipinski definition) is 2. The van der Waals surface area contributed by atoms with Crippen molar-refractivity contribution in [2.24, 2.45) is 5.10 Å². The van der Waals surface area contributed by atoms with Crippen LogP contribution in [0.1, 0.15) is 29.3 Å². The second kappa shape index (κ2) is 10.1. The topological polar surface area (TPSA) is 106 Å². The third kappa shape index (κ3) is 5.67. The van der Waals surface area contributed by atoms with Crippen LogP contribution in [0.2, 0.25) is 5.02 Å². The maximum Gasteiger partial charge on any atom is 0.271 e. The van der Waals surface area contributed by atoms with Gasteiger partial charge in [0.1, 0.15) is 0 Å². The number of ether oxygens (including phenoxy) is 2. The van der Waals surface area contributed by atoms with Gasteiger partial charge in [-0.25, -0.2) is 13.8 Å². The zero-order valence-electron chi connectivity index (χ0n) is 18.2. The normalized spacial score (nSPS) is 12.9. The van der Waals surface area contributed by atoms with Crippen molar-refractivity contribution in [3.05, 3.63) is 82.9 Å². The molecular formula is C24H22ClN3O5S. The Labute approximate surface area is 202 Å². The quantitative estimate of drug-likeness (QED) is 0.348. The van der Waals surface area contributed by atoms with Crippen LogP contribution in [-0.4, -0.2) is 26.8 Å². The minimum atomic E-state index is -3.94. The first-order valence-corrected chi connectivity index (χ1v) is 12.3. The van der Waals surface area contributed by atoms with Crippen molar-refractivity contribution >= 4 is 38.9 Å². The van der Waals surface area contributed by atoms with Crippen LogP contribution in [0.5, 0.6) is 11.5 Å². The molecule has 10 heteroatoms. The number of nitrogens with zero attached hydrogens (tertiary/aromatic N) is 1. The van der Waals surface area contributed by atoms with Gasteiger partial charge in [-0.1, -0.05) is 35.9 Å². The van der Waals surface area contributed by atoms with E-state index in [2.05, 4.69) is 15.2 Å². The summed E-state index contributed by atoms with van der Waals surface area (Å²) in [6.07, 6.45) is 1.33. The lowest BCUT2D eigenvalue weighted by Crippen LogP contribution is -2.20. The van der Waals surface area contributed by atoms with Gasteiger partial charge in [-0.05, 0) is 67.8 Å². The predicted octanol–water partition coefficient (Wildman–Crippen LogP) is 4.61. The summed E-state index contributed by atoms with van der Waals surface area (Å²) in [5.41, 5.74) is 4.68. The van der Waals surface area contributed by atoms with Crippen LogP contribution in [0, 0.1) is 0 Å². The van der Waals surface area contributed by atoms with Crippen molar-refractivity contribution in [2.45, 2.75) is 24.7 Å². The first-order valence-electron chi connectivity index (χ1n) is 10.4. The second-order valence-corrected chi connectivity index (χ2v) is 9.68. The summed E-state index contributed by atoms with van der Waals surface area (Å²) in [4.78, 5) is 12.5. The lowest BCUT2D eigenvalue weighted by molar-refractivity contribution is 0.0954. The van der Waals surface area contributed by atoms with Crippen molar-refractivity contribution in [1.82, 2.24) is 5.43 Å². The summed E-state index contributed by atoms with van der Waals surface area (Å²) >= 11 is 6.04. The van der Waals surface area contributed by atoms with Crippen molar-refractivity contribution in [3.8, 4) is 11.5 Å². The number of sulfonamides is 1. The number of para-hydroxylation sites is 1. The van der Waals surface area contributed by atoms with Gasteiger partial charge in [0.2, 0.25) is 6.79 Å². The summed E-state index contributed by atoms with van der Waals surface area (Å²) in [6.45, 7) is 2.03. The summed E-state index contributed by atoms with van der Waals surface area (Å²) in [6, 6.07) is 17.9. The molecule has 0 unspecified atom stereocenters. The van der Waals surface area contributed by atoms with Gasteiger partial charge in [0.25, 0.3) is 15.9 Å². The zero-order chi connectivity index (χ0) is 24.1. The highest BCUT2D eigenvalue weighted by atomic mass is 35.5. The Morgan fingerprint density at radius 3 is 2.65 bits per heavy atom. The van der Waals surface area contributed by atoms with E-state index >= 15 is 0 Å². The molecule has 1 aliphatic heterocycles. The highest BCUT2D eigenvalue weighted by Gasteiger charge is 2.18. The summed E-state index contributed by atoms with van der Waals surface area (Å²) < 4.78 is 38.6. The Morgan fingerprint density at radius 1 is 1.03 bits per heavy atom. The third-order valence-electron chi connectivity index (χ3n) is 5.09. The van der Waals surface area contributed by atoms with E-state index in [-0.39, 0.29) is 28.0 Å². The number of rotatable bonds is 8. The molecule has 0 saturated carbocycles. The maximum atomic E-state index is 12.7. The number of nitrogens with one attached hydrogen (secondary N) is 2. The number of anilines is 1. The number of amides is 1. The van der Waals surface area contributed by atoms with Gasteiger partial charge in [-0.2, -0.15) is 5.10 Å². The molecule has 0 aliphatic carbocycles. The van der Waals surface area contributed by atoms with E-state index in [9.17, 15) is 13.2 Å². The first-order chi connectivity index (χ1) is 16.3. The van der Waals surface area contributed by atoms with Crippen LogP contribution in [0.25, 0.3) is 0 Å². The number of aryl methyl sites for hydroxylation is 1. The average molecular weight is 500 g/mol. The highest BCUT2D eigenvalue weighted by Crippen LogP contribution is 2.32. The summed E-state index contributed by atoms with van der Waals surface area (Å²) in [7, 11) is -3.94. The largest absolute Gasteiger partial charge is 0.454 e. The predicted molar refractivity (Wildman–Crippen MR) is 130 cm³/mol. The molecule has 8 nitrogen and oxygen atoms in total. The fourth-order valence-electron chi connectivity index (χ4n) is 3.24. The van der Waals surface area contributed by atoms with Crippen molar-refractivity contribution < 1.29 is 22.7 Å². The highest BCUT2D eigenvalue weighted by molar-refractivity contribution is 7.92. The van der Waals surface area contributed by atoms with E-state index < -0.39 is 15.9 Å². The molecule has 0 radical (unpaired) electrons. The van der Waals surface area contributed by atoms with Crippen molar-refractivity contribution in [3.63, 3.8) is 0 Å². The molecule has 0 atom stereocenters. The Kier molecular flexibility index (Phi) is 7.04. The van der Waals surface area contributed by atoms with E-state index in [1.165, 1.54) is 24.3 Å². The molecule has 0 fully saturated rings. The Morgan fingerprint density at radius 2 is 1.82 bits per heavy atom. The molecule has 0 spiro atoms. The number of fused-ring (bicyclic) bond motifs is 1. The Bertz CT molecular complexity index is 1360. The van der Waals surface area contributed by atoms with Gasteiger partial charge >= 0.3 is 0 Å². The molecule has 4 rings (SSSR count). The minimum absolute atomic E-state index is 0.0661. The van der Waals surface area contributed by atoms with E-state index in [0.29, 0.717) is 12.8 Å². The SMILES string of the molecule is C/C(CCc1ccc2c(c1)OCO2)=N/NC(=O)c1cccc(S(=O)(=O)Nc2ccccc2Cl)c1. The summed E-state index contributed by atoms with van der Waals surface area (Å²) in [5.74, 6) is 0.934. The Balaban J connectivity index is 1.38. The Hall–Kier alpha value is -3.56. The molecule has 1 aliphatic rings. The molecule has 176 valence electrons. The monoisotopic (exact) mass is 499 g/mol. The molecule has 1 amide bonds. The molecule has 0 saturated heterocycles. The van der Waals surface area contributed by atoms with Gasteiger partial charge in [0.05, 0.1) is 15.6 Å². The minimum Gasteiger partial charge on any atom is -0.454 e. The third-order valence-corrected chi connectivity index (χ3v) is 6.78. The molecular weight excluding hydrogens is 478 g/mol. The second-order valence-electron chi connectivity index (χ2n) is 7.59. The average Bonchev–Trinajstić information content (AvgIpc) is 3.30. The van der Waals surface area contributed by atoms with E-state index in [1.54, 1.807) is 24.3 Å². The number of hydrazone groups is 1. The van der Waals surface area contributed by atoms with Crippen LogP contribution in [-0.2, 0) is 16.4 Å². The van der Waals surface area contributed by atoms with Crippen molar-refractivity contribution in [2.75, 3.05) is 11.5 Å². The van der Waals surface area contributed by atoms with Gasteiger partial charge in [-0.15, -0.1) is 0 Å². The fourth-order valence-corrected chi connectivity index (χ4v) is 4.60. The van der Waals surface area contributed by atoms with Gasteiger partial charge in [-0.3, -0.25) is 9.52 Å². The summed E-state index contributed by atoms with van der Waals surface area (Å²) in [5, 5.41) is 4.41. The number of benzene rings is 3. The number of carbonyl (C=O) groups is 1. The van der Waals surface area contributed by atoms with E-state index in [0.717, 1.165) is 22.8 Å².